The highest BCUT2D eigenvalue weighted by atomic mass is 16.5. The number of rotatable bonds is 7. The Hall–Kier alpha value is -2.17. The summed E-state index contributed by atoms with van der Waals surface area (Å²) in [6.07, 6.45) is 2.64. The summed E-state index contributed by atoms with van der Waals surface area (Å²) in [6, 6.07) is 15.5. The molecule has 2 aromatic rings. The smallest absolute Gasteiger partial charge is 0.163 e. The Bertz CT molecular complexity index is 824. The molecule has 0 atom stereocenters. The van der Waals surface area contributed by atoms with Gasteiger partial charge in [-0.3, -0.25) is 4.79 Å². The average molecular weight is 395 g/mol. The molecular formula is C25H34N2O2. The number of ether oxygens (including phenoxy) is 1. The number of ketones is 1. The third-order valence-corrected chi connectivity index (χ3v) is 5.44. The van der Waals surface area contributed by atoms with Crippen molar-refractivity contribution in [2.75, 3.05) is 7.05 Å². The van der Waals surface area contributed by atoms with Gasteiger partial charge in [0.05, 0.1) is 0 Å². The van der Waals surface area contributed by atoms with Crippen LogP contribution in [0, 0.1) is 5.92 Å². The van der Waals surface area contributed by atoms with Gasteiger partial charge in [-0.2, -0.15) is 0 Å². The number of piperidine rings is 1. The van der Waals surface area contributed by atoms with Gasteiger partial charge in [0.25, 0.3) is 0 Å². The van der Waals surface area contributed by atoms with E-state index < -0.39 is 0 Å². The van der Waals surface area contributed by atoms with Crippen molar-refractivity contribution < 1.29 is 9.53 Å². The van der Waals surface area contributed by atoms with Crippen molar-refractivity contribution in [1.82, 2.24) is 10.6 Å². The van der Waals surface area contributed by atoms with Gasteiger partial charge in [0.15, 0.2) is 5.78 Å². The Morgan fingerprint density at radius 2 is 1.69 bits per heavy atom. The summed E-state index contributed by atoms with van der Waals surface area (Å²) in [7, 11) is 1.93. The van der Waals surface area contributed by atoms with Crippen molar-refractivity contribution in [3.05, 3.63) is 59.7 Å². The third-order valence-electron chi connectivity index (χ3n) is 5.44. The molecule has 0 aliphatic carbocycles. The first-order chi connectivity index (χ1) is 13.7. The Morgan fingerprint density at radius 3 is 2.31 bits per heavy atom. The summed E-state index contributed by atoms with van der Waals surface area (Å²) in [5, 5.41) is 6.83. The number of carbonyl (C=O) groups excluding carboxylic acids is 1. The number of carbonyl (C=O) groups is 1. The molecule has 2 aromatic carbocycles. The van der Waals surface area contributed by atoms with Gasteiger partial charge < -0.3 is 15.4 Å². The zero-order chi connectivity index (χ0) is 21.1. The maximum Gasteiger partial charge on any atom is 0.163 e. The van der Waals surface area contributed by atoms with Gasteiger partial charge in [-0.05, 0) is 95.5 Å². The number of Topliss-reactive ketones (excluding diaryl/α,β-unsaturated/α-hetero) is 1. The number of hydrogen-bond donors (Lipinski definition) is 2. The van der Waals surface area contributed by atoms with E-state index in [1.165, 1.54) is 5.56 Å². The fraction of sp³-hybridized carbons (Fsp3) is 0.480. The highest BCUT2D eigenvalue weighted by Crippen LogP contribution is 2.35. The van der Waals surface area contributed by atoms with E-state index in [2.05, 4.69) is 44.4 Å². The molecule has 1 aliphatic heterocycles. The molecule has 0 radical (unpaired) electrons. The van der Waals surface area contributed by atoms with Gasteiger partial charge in [0, 0.05) is 29.6 Å². The SMILES string of the molecule is CNCc1cccc(Oc2ccc(C(=O)CC3CC(C)(C)NC(C)(C)C3)cc2)c1. The van der Waals surface area contributed by atoms with E-state index >= 15 is 0 Å². The van der Waals surface area contributed by atoms with Crippen LogP contribution in [0.15, 0.2) is 48.5 Å². The zero-order valence-corrected chi connectivity index (χ0v) is 18.3. The topological polar surface area (TPSA) is 50.4 Å². The lowest BCUT2D eigenvalue weighted by Gasteiger charge is -2.46. The molecule has 156 valence electrons. The highest BCUT2D eigenvalue weighted by Gasteiger charge is 2.38. The van der Waals surface area contributed by atoms with Crippen LogP contribution in [-0.2, 0) is 6.54 Å². The molecule has 0 amide bonds. The van der Waals surface area contributed by atoms with Crippen LogP contribution >= 0.6 is 0 Å². The molecule has 0 aromatic heterocycles. The van der Waals surface area contributed by atoms with Gasteiger partial charge >= 0.3 is 0 Å². The molecule has 1 heterocycles. The van der Waals surface area contributed by atoms with Crippen LogP contribution in [0.1, 0.15) is 62.9 Å². The Balaban J connectivity index is 1.62. The van der Waals surface area contributed by atoms with Crippen LogP contribution in [0.3, 0.4) is 0 Å². The van der Waals surface area contributed by atoms with Crippen molar-refractivity contribution in [3.8, 4) is 11.5 Å². The quantitative estimate of drug-likeness (QED) is 0.624. The standard InChI is InChI=1S/C25H34N2O2/c1-24(2)15-19(16-25(3,4)27-24)14-23(28)20-9-11-21(12-10-20)29-22-8-6-7-18(13-22)17-26-5/h6-13,19,26-27H,14-17H2,1-5H3. The van der Waals surface area contributed by atoms with E-state index in [1.807, 2.05) is 49.5 Å². The monoisotopic (exact) mass is 394 g/mol. The second kappa shape index (κ2) is 8.68. The summed E-state index contributed by atoms with van der Waals surface area (Å²) in [6.45, 7) is 9.70. The van der Waals surface area contributed by atoms with Crippen LogP contribution in [-0.4, -0.2) is 23.9 Å². The summed E-state index contributed by atoms with van der Waals surface area (Å²) in [4.78, 5) is 12.9. The molecule has 0 saturated carbocycles. The van der Waals surface area contributed by atoms with E-state index in [0.717, 1.165) is 36.4 Å². The zero-order valence-electron chi connectivity index (χ0n) is 18.3. The van der Waals surface area contributed by atoms with E-state index in [4.69, 9.17) is 4.74 Å². The molecule has 4 heteroatoms. The molecule has 2 N–H and O–H groups in total. The minimum Gasteiger partial charge on any atom is -0.457 e. The van der Waals surface area contributed by atoms with Gasteiger partial charge in [0.2, 0.25) is 0 Å². The van der Waals surface area contributed by atoms with Crippen LogP contribution in [0.5, 0.6) is 11.5 Å². The van der Waals surface area contributed by atoms with Gasteiger partial charge in [-0.1, -0.05) is 12.1 Å². The minimum absolute atomic E-state index is 0.0617. The molecule has 29 heavy (non-hydrogen) atoms. The fourth-order valence-corrected chi connectivity index (χ4v) is 4.83. The summed E-state index contributed by atoms with van der Waals surface area (Å²) in [5.74, 6) is 2.16. The highest BCUT2D eigenvalue weighted by molar-refractivity contribution is 5.96. The molecule has 0 spiro atoms. The molecule has 1 fully saturated rings. The predicted octanol–water partition coefficient (Wildman–Crippen LogP) is 5.33. The lowest BCUT2D eigenvalue weighted by atomic mass is 9.74. The Kier molecular flexibility index (Phi) is 6.45. The summed E-state index contributed by atoms with van der Waals surface area (Å²) < 4.78 is 5.96. The van der Waals surface area contributed by atoms with Crippen LogP contribution in [0.4, 0.5) is 0 Å². The normalized spacial score (nSPS) is 18.4. The van der Waals surface area contributed by atoms with Crippen molar-refractivity contribution in [3.63, 3.8) is 0 Å². The first kappa shape index (κ1) is 21.5. The maximum absolute atomic E-state index is 12.9. The average Bonchev–Trinajstić information content (AvgIpc) is 2.60. The third kappa shape index (κ3) is 6.15. The van der Waals surface area contributed by atoms with Gasteiger partial charge in [0.1, 0.15) is 11.5 Å². The van der Waals surface area contributed by atoms with E-state index in [-0.39, 0.29) is 16.9 Å². The first-order valence-electron chi connectivity index (χ1n) is 10.5. The predicted molar refractivity (Wildman–Crippen MR) is 119 cm³/mol. The van der Waals surface area contributed by atoms with Crippen molar-refractivity contribution in [2.24, 2.45) is 5.92 Å². The lowest BCUT2D eigenvalue weighted by Crippen LogP contribution is -2.57. The lowest BCUT2D eigenvalue weighted by molar-refractivity contribution is 0.0864. The van der Waals surface area contributed by atoms with Crippen molar-refractivity contribution in [1.29, 1.82) is 0 Å². The van der Waals surface area contributed by atoms with Crippen LogP contribution in [0.25, 0.3) is 0 Å². The second-order valence-corrected chi connectivity index (χ2v) is 9.60. The van der Waals surface area contributed by atoms with Gasteiger partial charge in [-0.25, -0.2) is 0 Å². The molecular weight excluding hydrogens is 360 g/mol. The Morgan fingerprint density at radius 1 is 1.03 bits per heavy atom. The van der Waals surface area contributed by atoms with Crippen LogP contribution in [0.2, 0.25) is 0 Å². The van der Waals surface area contributed by atoms with E-state index in [0.29, 0.717) is 12.3 Å². The van der Waals surface area contributed by atoms with E-state index in [1.54, 1.807) is 0 Å². The maximum atomic E-state index is 12.9. The second-order valence-electron chi connectivity index (χ2n) is 9.60. The molecule has 0 unspecified atom stereocenters. The number of benzene rings is 2. The van der Waals surface area contributed by atoms with Crippen molar-refractivity contribution >= 4 is 5.78 Å². The van der Waals surface area contributed by atoms with Crippen molar-refractivity contribution in [2.45, 2.75) is 64.6 Å². The molecule has 3 rings (SSSR count). The summed E-state index contributed by atoms with van der Waals surface area (Å²) >= 11 is 0. The number of nitrogens with one attached hydrogen (secondary N) is 2. The molecule has 0 bridgehead atoms. The minimum atomic E-state index is 0.0617. The van der Waals surface area contributed by atoms with Gasteiger partial charge in [-0.15, -0.1) is 0 Å². The molecule has 1 aliphatic rings. The molecule has 4 nitrogen and oxygen atoms in total. The van der Waals surface area contributed by atoms with Crippen LogP contribution < -0.4 is 15.4 Å². The fourth-order valence-electron chi connectivity index (χ4n) is 4.83. The molecule has 1 saturated heterocycles. The summed E-state index contributed by atoms with van der Waals surface area (Å²) in [5.41, 5.74) is 2.05. The number of hydrogen-bond acceptors (Lipinski definition) is 4. The first-order valence-corrected chi connectivity index (χ1v) is 10.5. The largest absolute Gasteiger partial charge is 0.457 e. The Labute approximate surface area is 175 Å². The van der Waals surface area contributed by atoms with E-state index in [9.17, 15) is 4.79 Å².